The number of hydrogen-bond acceptors (Lipinski definition) is 3. The first-order valence-corrected chi connectivity index (χ1v) is 7.30. The van der Waals surface area contributed by atoms with Crippen molar-refractivity contribution in [3.63, 3.8) is 0 Å². The highest BCUT2D eigenvalue weighted by molar-refractivity contribution is 7.16. The fourth-order valence-corrected chi connectivity index (χ4v) is 3.26. The van der Waals surface area contributed by atoms with Gasteiger partial charge >= 0.3 is 0 Å². The molecule has 0 aliphatic carbocycles. The second-order valence-corrected chi connectivity index (χ2v) is 6.34. The summed E-state index contributed by atoms with van der Waals surface area (Å²) in [5.74, 6) is -1.16. The molecule has 1 atom stereocenters. The van der Waals surface area contributed by atoms with E-state index in [4.69, 9.17) is 17.3 Å². The molecule has 1 aromatic carbocycles. The molecule has 0 aliphatic heterocycles. The van der Waals surface area contributed by atoms with Gasteiger partial charge in [0.2, 0.25) is 0 Å². The van der Waals surface area contributed by atoms with Gasteiger partial charge in [0.1, 0.15) is 11.6 Å². The van der Waals surface area contributed by atoms with Crippen LogP contribution in [0.2, 0.25) is 4.34 Å². The number of hydrogen-bond donors (Lipinski definition) is 1. The average molecular weight is 317 g/mol. The summed E-state index contributed by atoms with van der Waals surface area (Å²) < 4.78 is 27.5. The van der Waals surface area contributed by atoms with Gasteiger partial charge in [0, 0.05) is 35.6 Å². The van der Waals surface area contributed by atoms with Crippen LogP contribution in [0.4, 0.5) is 8.78 Å². The van der Waals surface area contributed by atoms with Crippen molar-refractivity contribution in [2.45, 2.75) is 12.6 Å². The number of likely N-dealkylation sites (N-methyl/N-ethyl adjacent to an activating group) is 1. The smallest absolute Gasteiger partial charge is 0.130 e. The first-order chi connectivity index (χ1) is 9.51. The monoisotopic (exact) mass is 316 g/mol. The molecule has 1 unspecified atom stereocenters. The molecule has 2 aromatic rings. The van der Waals surface area contributed by atoms with Gasteiger partial charge in [-0.25, -0.2) is 8.78 Å². The van der Waals surface area contributed by atoms with Crippen molar-refractivity contribution < 1.29 is 8.78 Å². The van der Waals surface area contributed by atoms with Gasteiger partial charge in [-0.2, -0.15) is 0 Å². The predicted octanol–water partition coefficient (Wildman–Crippen LogP) is 3.81. The summed E-state index contributed by atoms with van der Waals surface area (Å²) in [5, 5.41) is 0. The highest BCUT2D eigenvalue weighted by atomic mass is 35.5. The van der Waals surface area contributed by atoms with Gasteiger partial charge in [0.25, 0.3) is 0 Å². The lowest BCUT2D eigenvalue weighted by molar-refractivity contribution is 0.238. The van der Waals surface area contributed by atoms with Crippen LogP contribution in [-0.4, -0.2) is 18.5 Å². The lowest BCUT2D eigenvalue weighted by Gasteiger charge is -2.27. The maximum absolute atomic E-state index is 13.9. The van der Waals surface area contributed by atoms with Gasteiger partial charge in [0.05, 0.1) is 4.34 Å². The fraction of sp³-hybridized carbons (Fsp3) is 0.286. The number of nitrogens with zero attached hydrogens (tertiary/aromatic N) is 1. The number of nitrogens with two attached hydrogens (primary N) is 1. The van der Waals surface area contributed by atoms with Gasteiger partial charge in [-0.05, 0) is 25.2 Å². The molecule has 0 bridgehead atoms. The van der Waals surface area contributed by atoms with Crippen molar-refractivity contribution in [1.29, 1.82) is 0 Å². The molecular formula is C14H15ClF2N2S. The molecule has 0 amide bonds. The minimum absolute atomic E-state index is 0.248. The minimum Gasteiger partial charge on any atom is -0.329 e. The lowest BCUT2D eigenvalue weighted by Crippen LogP contribution is -2.30. The van der Waals surface area contributed by atoms with Crippen molar-refractivity contribution in [1.82, 2.24) is 4.90 Å². The minimum atomic E-state index is -0.588. The zero-order valence-corrected chi connectivity index (χ0v) is 12.5. The Morgan fingerprint density at radius 1 is 1.30 bits per heavy atom. The molecule has 0 saturated heterocycles. The van der Waals surface area contributed by atoms with E-state index >= 15 is 0 Å². The van der Waals surface area contributed by atoms with E-state index in [0.29, 0.717) is 16.4 Å². The maximum Gasteiger partial charge on any atom is 0.130 e. The van der Waals surface area contributed by atoms with Crippen molar-refractivity contribution in [2.75, 3.05) is 13.6 Å². The first kappa shape index (κ1) is 15.4. The third-order valence-electron chi connectivity index (χ3n) is 3.11. The molecule has 0 spiro atoms. The van der Waals surface area contributed by atoms with Crippen LogP contribution in [-0.2, 0) is 6.54 Å². The Morgan fingerprint density at radius 2 is 2.05 bits per heavy atom. The predicted molar refractivity (Wildman–Crippen MR) is 78.9 cm³/mol. The van der Waals surface area contributed by atoms with Gasteiger partial charge in [-0.15, -0.1) is 11.3 Å². The summed E-state index contributed by atoms with van der Waals surface area (Å²) in [6.07, 6.45) is 0. The first-order valence-electron chi connectivity index (χ1n) is 6.10. The Hall–Kier alpha value is -1.01. The van der Waals surface area contributed by atoms with Crippen molar-refractivity contribution in [3.8, 4) is 0 Å². The third kappa shape index (κ3) is 3.55. The normalized spacial score (nSPS) is 12.9. The summed E-state index contributed by atoms with van der Waals surface area (Å²) in [6, 6.07) is 7.02. The number of benzene rings is 1. The van der Waals surface area contributed by atoms with E-state index in [1.165, 1.54) is 23.5 Å². The van der Waals surface area contributed by atoms with Crippen LogP contribution in [0.15, 0.2) is 30.3 Å². The molecular weight excluding hydrogens is 302 g/mol. The largest absolute Gasteiger partial charge is 0.329 e. The highest BCUT2D eigenvalue weighted by Gasteiger charge is 2.20. The van der Waals surface area contributed by atoms with Crippen LogP contribution in [0.1, 0.15) is 16.5 Å². The summed E-state index contributed by atoms with van der Waals surface area (Å²) >= 11 is 7.37. The Labute approximate surface area is 125 Å². The third-order valence-corrected chi connectivity index (χ3v) is 4.33. The van der Waals surface area contributed by atoms with Gasteiger partial charge in [-0.1, -0.05) is 17.7 Å². The second kappa shape index (κ2) is 6.63. The average Bonchev–Trinajstić information content (AvgIpc) is 2.78. The van der Waals surface area contributed by atoms with Crippen LogP contribution in [0, 0.1) is 11.6 Å². The Bertz CT molecular complexity index is 588. The topological polar surface area (TPSA) is 29.3 Å². The van der Waals surface area contributed by atoms with Crippen LogP contribution in [0.3, 0.4) is 0 Å². The Morgan fingerprint density at radius 3 is 2.60 bits per heavy atom. The summed E-state index contributed by atoms with van der Waals surface area (Å²) in [6.45, 7) is 0.855. The molecule has 2 nitrogen and oxygen atoms in total. The van der Waals surface area contributed by atoms with E-state index in [1.54, 1.807) is 0 Å². The Kier molecular flexibility index (Phi) is 5.10. The van der Waals surface area contributed by atoms with Crippen molar-refractivity contribution >= 4 is 22.9 Å². The molecule has 0 aliphatic rings. The summed E-state index contributed by atoms with van der Waals surface area (Å²) in [4.78, 5) is 3.00. The van der Waals surface area contributed by atoms with Gasteiger partial charge < -0.3 is 5.73 Å². The summed E-state index contributed by atoms with van der Waals surface area (Å²) in [7, 11) is 1.86. The van der Waals surface area contributed by atoms with Gasteiger partial charge in [0.15, 0.2) is 0 Å². The lowest BCUT2D eigenvalue weighted by atomic mass is 10.0. The molecule has 1 aromatic heterocycles. The van der Waals surface area contributed by atoms with Crippen LogP contribution < -0.4 is 5.73 Å². The fourth-order valence-electron chi connectivity index (χ4n) is 2.11. The zero-order valence-electron chi connectivity index (χ0n) is 10.9. The molecule has 6 heteroatoms. The standard InChI is InChI=1S/C14H15ClF2N2S/c1-19(8-10-3-5-14(15)20-10)13(7-18)11-4-2-9(16)6-12(11)17/h2-6,13H,7-8,18H2,1H3. The van der Waals surface area contributed by atoms with Crippen molar-refractivity contribution in [3.05, 3.63) is 56.7 Å². The van der Waals surface area contributed by atoms with E-state index in [0.717, 1.165) is 10.9 Å². The molecule has 108 valence electrons. The number of halogens is 3. The molecule has 0 radical (unpaired) electrons. The van der Waals surface area contributed by atoms with Crippen molar-refractivity contribution in [2.24, 2.45) is 5.73 Å². The molecule has 0 fully saturated rings. The van der Waals surface area contributed by atoms with Crippen LogP contribution in [0.25, 0.3) is 0 Å². The maximum atomic E-state index is 13.9. The van der Waals surface area contributed by atoms with E-state index in [1.807, 2.05) is 24.1 Å². The molecule has 2 rings (SSSR count). The van der Waals surface area contributed by atoms with E-state index in [-0.39, 0.29) is 12.6 Å². The second-order valence-electron chi connectivity index (χ2n) is 4.54. The zero-order chi connectivity index (χ0) is 14.7. The highest BCUT2D eigenvalue weighted by Crippen LogP contribution is 2.27. The quantitative estimate of drug-likeness (QED) is 0.909. The van der Waals surface area contributed by atoms with E-state index in [9.17, 15) is 8.78 Å². The molecule has 20 heavy (non-hydrogen) atoms. The van der Waals surface area contributed by atoms with E-state index in [2.05, 4.69) is 0 Å². The van der Waals surface area contributed by atoms with E-state index < -0.39 is 11.6 Å². The number of rotatable bonds is 5. The Balaban J connectivity index is 2.18. The number of thiophene rings is 1. The van der Waals surface area contributed by atoms with Crippen LogP contribution >= 0.6 is 22.9 Å². The van der Waals surface area contributed by atoms with Gasteiger partial charge in [-0.3, -0.25) is 4.90 Å². The SMILES string of the molecule is CN(Cc1ccc(Cl)s1)C(CN)c1ccc(F)cc1F. The molecule has 2 N–H and O–H groups in total. The van der Waals surface area contributed by atoms with Crippen LogP contribution in [0.5, 0.6) is 0 Å². The molecule has 1 heterocycles. The molecule has 0 saturated carbocycles. The summed E-state index contributed by atoms with van der Waals surface area (Å²) in [5.41, 5.74) is 6.15.